The van der Waals surface area contributed by atoms with Gasteiger partial charge < -0.3 is 15.4 Å². The van der Waals surface area contributed by atoms with Gasteiger partial charge in [-0.3, -0.25) is 9.69 Å². The molecular weight excluding hydrogens is 314 g/mol. The van der Waals surface area contributed by atoms with Gasteiger partial charge in [0.2, 0.25) is 5.91 Å². The molecule has 1 unspecified atom stereocenters. The predicted octanol–water partition coefficient (Wildman–Crippen LogP) is 1.75. The van der Waals surface area contributed by atoms with Gasteiger partial charge in [-0.2, -0.15) is 0 Å². The number of nitrogens with zero attached hydrogens (tertiary/aromatic N) is 2. The van der Waals surface area contributed by atoms with Gasteiger partial charge in [-0.05, 0) is 42.6 Å². The van der Waals surface area contributed by atoms with Crippen LogP contribution in [0.1, 0.15) is 18.9 Å². The Hall–Kier alpha value is -1.30. The van der Waals surface area contributed by atoms with E-state index in [0.717, 1.165) is 30.8 Å². The Morgan fingerprint density at radius 3 is 2.57 bits per heavy atom. The van der Waals surface area contributed by atoms with Gasteiger partial charge in [0.05, 0.1) is 13.7 Å². The van der Waals surface area contributed by atoms with E-state index in [4.69, 9.17) is 10.5 Å². The Bertz CT molecular complexity index is 509. The van der Waals surface area contributed by atoms with Gasteiger partial charge in [-0.1, -0.05) is 19.1 Å². The summed E-state index contributed by atoms with van der Waals surface area (Å²) >= 11 is 0. The minimum absolute atomic E-state index is 0. The number of nitrogens with two attached hydrogens (primary N) is 1. The van der Waals surface area contributed by atoms with Crippen LogP contribution >= 0.6 is 12.4 Å². The van der Waals surface area contributed by atoms with Crippen molar-refractivity contribution in [2.75, 3.05) is 40.3 Å². The molecule has 1 fully saturated rings. The van der Waals surface area contributed by atoms with Crippen LogP contribution in [-0.4, -0.2) is 56.0 Å². The Balaban J connectivity index is 0.00000264. The lowest BCUT2D eigenvalue weighted by Gasteiger charge is -2.24. The summed E-state index contributed by atoms with van der Waals surface area (Å²) in [7, 11) is 3.50. The van der Waals surface area contributed by atoms with Crippen molar-refractivity contribution in [3.05, 3.63) is 29.8 Å². The van der Waals surface area contributed by atoms with Gasteiger partial charge in [0.1, 0.15) is 5.75 Å². The van der Waals surface area contributed by atoms with Crippen molar-refractivity contribution < 1.29 is 9.53 Å². The summed E-state index contributed by atoms with van der Waals surface area (Å²) in [6.45, 7) is 5.83. The van der Waals surface area contributed by atoms with E-state index in [1.54, 1.807) is 12.0 Å². The number of benzene rings is 1. The third kappa shape index (κ3) is 5.37. The topological polar surface area (TPSA) is 58.8 Å². The number of amides is 1. The van der Waals surface area contributed by atoms with Gasteiger partial charge in [-0.25, -0.2) is 0 Å². The second-order valence-corrected chi connectivity index (χ2v) is 6.57. The first-order valence-electron chi connectivity index (χ1n) is 7.75. The van der Waals surface area contributed by atoms with Crippen molar-refractivity contribution >= 4 is 18.3 Å². The summed E-state index contributed by atoms with van der Waals surface area (Å²) in [5.74, 6) is 0.980. The van der Waals surface area contributed by atoms with Crippen LogP contribution in [0.15, 0.2) is 24.3 Å². The minimum Gasteiger partial charge on any atom is -0.497 e. The number of halogens is 1. The van der Waals surface area contributed by atoms with E-state index in [-0.39, 0.29) is 23.7 Å². The lowest BCUT2D eigenvalue weighted by Crippen LogP contribution is -2.39. The molecule has 23 heavy (non-hydrogen) atoms. The minimum atomic E-state index is 0. The average molecular weight is 342 g/mol. The van der Waals surface area contributed by atoms with Crippen LogP contribution in [0.25, 0.3) is 0 Å². The first kappa shape index (κ1) is 19.7. The zero-order valence-electron chi connectivity index (χ0n) is 14.2. The standard InChI is InChI=1S/C17H27N3O2.ClH/c1-17(12-18)8-9-20(13-17)11-16(21)19(2)10-14-4-6-15(22-3)7-5-14;/h4-7H,8-13,18H2,1-3H3;1H. The molecule has 1 aliphatic heterocycles. The molecule has 0 bridgehead atoms. The molecular formula is C17H28ClN3O2. The van der Waals surface area contributed by atoms with Crippen LogP contribution < -0.4 is 10.5 Å². The third-order valence-electron chi connectivity index (χ3n) is 4.49. The molecule has 1 aromatic rings. The fourth-order valence-electron chi connectivity index (χ4n) is 2.83. The number of rotatable bonds is 6. The lowest BCUT2D eigenvalue weighted by molar-refractivity contribution is -0.131. The van der Waals surface area contributed by atoms with E-state index in [2.05, 4.69) is 11.8 Å². The second-order valence-electron chi connectivity index (χ2n) is 6.57. The molecule has 2 rings (SSSR count). The molecule has 2 N–H and O–H groups in total. The SMILES string of the molecule is COc1ccc(CN(C)C(=O)CN2CCC(C)(CN)C2)cc1.Cl. The van der Waals surface area contributed by atoms with Crippen LogP contribution in [0, 0.1) is 5.41 Å². The Labute approximate surface area is 145 Å². The fourth-order valence-corrected chi connectivity index (χ4v) is 2.83. The fraction of sp³-hybridized carbons (Fsp3) is 0.588. The maximum atomic E-state index is 12.4. The summed E-state index contributed by atoms with van der Waals surface area (Å²) in [5, 5.41) is 0. The molecule has 5 nitrogen and oxygen atoms in total. The van der Waals surface area contributed by atoms with E-state index in [1.165, 1.54) is 0 Å². The predicted molar refractivity (Wildman–Crippen MR) is 94.9 cm³/mol. The average Bonchev–Trinajstić information content (AvgIpc) is 2.90. The van der Waals surface area contributed by atoms with Crippen LogP contribution in [-0.2, 0) is 11.3 Å². The van der Waals surface area contributed by atoms with E-state index in [9.17, 15) is 4.79 Å². The number of carbonyl (C=O) groups is 1. The highest BCUT2D eigenvalue weighted by molar-refractivity contribution is 5.85. The molecule has 1 heterocycles. The first-order chi connectivity index (χ1) is 10.5. The van der Waals surface area contributed by atoms with E-state index in [0.29, 0.717) is 19.6 Å². The third-order valence-corrected chi connectivity index (χ3v) is 4.49. The zero-order chi connectivity index (χ0) is 16.2. The van der Waals surface area contributed by atoms with E-state index < -0.39 is 0 Å². The van der Waals surface area contributed by atoms with Crippen molar-refractivity contribution in [2.24, 2.45) is 11.1 Å². The molecule has 1 aromatic carbocycles. The highest BCUT2D eigenvalue weighted by atomic mass is 35.5. The van der Waals surface area contributed by atoms with Crippen LogP contribution in [0.3, 0.4) is 0 Å². The highest BCUT2D eigenvalue weighted by Crippen LogP contribution is 2.28. The van der Waals surface area contributed by atoms with Crippen molar-refractivity contribution in [3.8, 4) is 5.75 Å². The van der Waals surface area contributed by atoms with Crippen molar-refractivity contribution in [3.63, 3.8) is 0 Å². The van der Waals surface area contributed by atoms with E-state index in [1.807, 2.05) is 31.3 Å². The molecule has 0 spiro atoms. The molecule has 0 aromatic heterocycles. The van der Waals surface area contributed by atoms with Crippen LogP contribution in [0.4, 0.5) is 0 Å². The molecule has 0 saturated carbocycles. The number of likely N-dealkylation sites (N-methyl/N-ethyl adjacent to an activating group) is 1. The molecule has 1 aliphatic rings. The number of ether oxygens (including phenoxy) is 1. The molecule has 0 aliphatic carbocycles. The van der Waals surface area contributed by atoms with Crippen LogP contribution in [0.2, 0.25) is 0 Å². The van der Waals surface area contributed by atoms with E-state index >= 15 is 0 Å². The number of carbonyl (C=O) groups excluding carboxylic acids is 1. The highest BCUT2D eigenvalue weighted by Gasteiger charge is 2.33. The summed E-state index contributed by atoms with van der Waals surface area (Å²) in [4.78, 5) is 16.3. The molecule has 1 amide bonds. The summed E-state index contributed by atoms with van der Waals surface area (Å²) in [6, 6.07) is 7.82. The number of hydrogen-bond acceptors (Lipinski definition) is 4. The van der Waals surface area contributed by atoms with Crippen molar-refractivity contribution in [1.82, 2.24) is 9.80 Å². The normalized spacial score (nSPS) is 20.9. The summed E-state index contributed by atoms with van der Waals surface area (Å²) in [6.07, 6.45) is 1.07. The molecule has 1 saturated heterocycles. The van der Waals surface area contributed by atoms with Gasteiger partial charge in [0.25, 0.3) is 0 Å². The molecule has 130 valence electrons. The maximum Gasteiger partial charge on any atom is 0.236 e. The number of likely N-dealkylation sites (tertiary alicyclic amines) is 1. The summed E-state index contributed by atoms with van der Waals surface area (Å²) < 4.78 is 5.14. The molecule has 6 heteroatoms. The Kier molecular flexibility index (Phi) is 7.32. The number of methoxy groups -OCH3 is 1. The molecule has 0 radical (unpaired) electrons. The van der Waals surface area contributed by atoms with Gasteiger partial charge in [0, 0.05) is 20.1 Å². The Morgan fingerprint density at radius 2 is 2.04 bits per heavy atom. The second kappa shape index (κ2) is 8.52. The van der Waals surface area contributed by atoms with Gasteiger partial charge >= 0.3 is 0 Å². The maximum absolute atomic E-state index is 12.4. The number of hydrogen-bond donors (Lipinski definition) is 1. The van der Waals surface area contributed by atoms with Gasteiger partial charge in [0.15, 0.2) is 0 Å². The summed E-state index contributed by atoms with van der Waals surface area (Å²) in [5.41, 5.74) is 7.08. The zero-order valence-corrected chi connectivity index (χ0v) is 15.1. The Morgan fingerprint density at radius 1 is 1.39 bits per heavy atom. The smallest absolute Gasteiger partial charge is 0.236 e. The first-order valence-corrected chi connectivity index (χ1v) is 7.75. The lowest BCUT2D eigenvalue weighted by atomic mass is 9.90. The van der Waals surface area contributed by atoms with Gasteiger partial charge in [-0.15, -0.1) is 12.4 Å². The quantitative estimate of drug-likeness (QED) is 0.856. The van der Waals surface area contributed by atoms with Crippen LogP contribution in [0.5, 0.6) is 5.75 Å². The monoisotopic (exact) mass is 341 g/mol. The largest absolute Gasteiger partial charge is 0.497 e. The van der Waals surface area contributed by atoms with Crippen molar-refractivity contribution in [1.29, 1.82) is 0 Å². The molecule has 1 atom stereocenters. The van der Waals surface area contributed by atoms with Crippen molar-refractivity contribution in [2.45, 2.75) is 19.9 Å².